The Kier molecular flexibility index (Phi) is 3.78. The SMILES string of the molecule is C[C@]12CC[C@H](O)C[C@H]1CC[C@@H]1[C@@H]2CC[C@]2(C)[C@@](O)(c3ccoc3)CC[C@]12O. The van der Waals surface area contributed by atoms with Crippen LogP contribution in [0.2, 0.25) is 0 Å². The van der Waals surface area contributed by atoms with Crippen LogP contribution in [0.3, 0.4) is 0 Å². The number of hydrogen-bond donors (Lipinski definition) is 3. The molecule has 150 valence electrons. The van der Waals surface area contributed by atoms with E-state index in [1.54, 1.807) is 12.5 Å². The summed E-state index contributed by atoms with van der Waals surface area (Å²) in [6.07, 6.45) is 11.3. The van der Waals surface area contributed by atoms with E-state index in [0.717, 1.165) is 50.5 Å². The molecule has 1 aromatic heterocycles. The summed E-state index contributed by atoms with van der Waals surface area (Å²) in [5.74, 6) is 1.31. The number of aliphatic hydroxyl groups is 3. The zero-order valence-corrected chi connectivity index (χ0v) is 16.7. The summed E-state index contributed by atoms with van der Waals surface area (Å²) >= 11 is 0. The summed E-state index contributed by atoms with van der Waals surface area (Å²) in [7, 11) is 0. The van der Waals surface area contributed by atoms with Crippen molar-refractivity contribution in [3.8, 4) is 0 Å². The highest BCUT2D eigenvalue weighted by Gasteiger charge is 2.72. The Morgan fingerprint density at radius 1 is 0.963 bits per heavy atom. The van der Waals surface area contributed by atoms with Crippen LogP contribution in [-0.2, 0) is 5.60 Å². The first-order valence-electron chi connectivity index (χ1n) is 10.9. The van der Waals surface area contributed by atoms with Crippen molar-refractivity contribution in [1.29, 1.82) is 0 Å². The first-order valence-corrected chi connectivity index (χ1v) is 10.9. The monoisotopic (exact) mass is 374 g/mol. The van der Waals surface area contributed by atoms with Crippen LogP contribution in [0.25, 0.3) is 0 Å². The molecule has 4 saturated carbocycles. The highest BCUT2D eigenvalue weighted by atomic mass is 16.3. The lowest BCUT2D eigenvalue weighted by molar-refractivity contribution is -0.238. The first-order chi connectivity index (χ1) is 12.7. The van der Waals surface area contributed by atoms with Crippen molar-refractivity contribution in [2.45, 2.75) is 88.9 Å². The van der Waals surface area contributed by atoms with Gasteiger partial charge in [0, 0.05) is 11.0 Å². The molecular formula is C23H34O4. The lowest BCUT2D eigenvalue weighted by Crippen LogP contribution is -2.64. The van der Waals surface area contributed by atoms with Crippen LogP contribution in [0, 0.1) is 28.6 Å². The molecule has 4 heteroatoms. The van der Waals surface area contributed by atoms with Gasteiger partial charge in [0.25, 0.3) is 0 Å². The van der Waals surface area contributed by atoms with Crippen LogP contribution in [0.15, 0.2) is 23.0 Å². The summed E-state index contributed by atoms with van der Waals surface area (Å²) in [6, 6.07) is 1.86. The van der Waals surface area contributed by atoms with Gasteiger partial charge in [0.1, 0.15) is 5.60 Å². The van der Waals surface area contributed by atoms with Crippen molar-refractivity contribution in [2.24, 2.45) is 28.6 Å². The Morgan fingerprint density at radius 3 is 2.52 bits per heavy atom. The maximum Gasteiger partial charge on any atom is 0.101 e. The largest absolute Gasteiger partial charge is 0.472 e. The second kappa shape index (κ2) is 5.61. The minimum atomic E-state index is -1.01. The topological polar surface area (TPSA) is 73.8 Å². The van der Waals surface area contributed by atoms with Gasteiger partial charge in [-0.2, -0.15) is 0 Å². The molecule has 1 aromatic rings. The molecule has 1 heterocycles. The smallest absolute Gasteiger partial charge is 0.101 e. The van der Waals surface area contributed by atoms with Crippen molar-refractivity contribution in [3.05, 3.63) is 24.2 Å². The standard InChI is InChI=1S/C23H34O4/c1-20-8-5-17(24)13-15(20)3-4-19-18(20)6-9-21(2)22(25,10-11-23(19,21)26)16-7-12-27-14-16/h7,12,14-15,17-19,24-26H,3-6,8-11,13H2,1-2H3/t15-,17+,18+,19-,20+,21-,22+,23+/m1/s1. The summed E-state index contributed by atoms with van der Waals surface area (Å²) in [5.41, 5.74) is -1.34. The maximum atomic E-state index is 12.1. The van der Waals surface area contributed by atoms with E-state index in [-0.39, 0.29) is 17.4 Å². The molecule has 0 radical (unpaired) electrons. The van der Waals surface area contributed by atoms with Crippen LogP contribution in [-0.4, -0.2) is 27.0 Å². The molecule has 27 heavy (non-hydrogen) atoms. The Bertz CT molecular complexity index is 716. The van der Waals surface area contributed by atoms with Gasteiger partial charge in [0.2, 0.25) is 0 Å². The summed E-state index contributed by atoms with van der Waals surface area (Å²) < 4.78 is 5.29. The summed E-state index contributed by atoms with van der Waals surface area (Å²) in [5, 5.41) is 34.0. The van der Waals surface area contributed by atoms with E-state index in [1.165, 1.54) is 0 Å². The number of furan rings is 1. The maximum absolute atomic E-state index is 12.1. The minimum Gasteiger partial charge on any atom is -0.472 e. The molecule has 8 atom stereocenters. The highest BCUT2D eigenvalue weighted by molar-refractivity contribution is 5.30. The number of rotatable bonds is 1. The van der Waals surface area contributed by atoms with Gasteiger partial charge < -0.3 is 19.7 Å². The van der Waals surface area contributed by atoms with Crippen molar-refractivity contribution in [1.82, 2.24) is 0 Å². The molecular weight excluding hydrogens is 340 g/mol. The number of fused-ring (bicyclic) bond motifs is 5. The third-order valence-electron chi connectivity index (χ3n) is 9.97. The van der Waals surface area contributed by atoms with Gasteiger partial charge in [-0.25, -0.2) is 0 Å². The van der Waals surface area contributed by atoms with Gasteiger partial charge in [-0.3, -0.25) is 0 Å². The zero-order chi connectivity index (χ0) is 19.1. The van der Waals surface area contributed by atoms with Crippen LogP contribution in [0.5, 0.6) is 0 Å². The van der Waals surface area contributed by atoms with Crippen molar-refractivity contribution in [3.63, 3.8) is 0 Å². The molecule has 0 spiro atoms. The van der Waals surface area contributed by atoms with Crippen LogP contribution >= 0.6 is 0 Å². The van der Waals surface area contributed by atoms with E-state index in [2.05, 4.69) is 13.8 Å². The quantitative estimate of drug-likeness (QED) is 0.695. The second-order valence-corrected chi connectivity index (χ2v) is 10.6. The fourth-order valence-electron chi connectivity index (χ4n) is 8.18. The average molecular weight is 375 g/mol. The van der Waals surface area contributed by atoms with Gasteiger partial charge in [-0.1, -0.05) is 13.8 Å². The van der Waals surface area contributed by atoms with E-state index in [1.807, 2.05) is 6.07 Å². The lowest BCUT2D eigenvalue weighted by atomic mass is 9.43. The van der Waals surface area contributed by atoms with E-state index in [4.69, 9.17) is 4.42 Å². The third-order valence-corrected chi connectivity index (χ3v) is 9.97. The van der Waals surface area contributed by atoms with Crippen molar-refractivity contribution < 1.29 is 19.7 Å². The van der Waals surface area contributed by atoms with Gasteiger partial charge in [0.15, 0.2) is 0 Å². The molecule has 0 aliphatic heterocycles. The Morgan fingerprint density at radius 2 is 1.78 bits per heavy atom. The van der Waals surface area contributed by atoms with E-state index in [9.17, 15) is 15.3 Å². The van der Waals surface area contributed by atoms with Crippen LogP contribution in [0.1, 0.15) is 77.2 Å². The molecule has 4 aliphatic rings. The molecule has 0 unspecified atom stereocenters. The van der Waals surface area contributed by atoms with Crippen LogP contribution in [0.4, 0.5) is 0 Å². The molecule has 5 rings (SSSR count). The van der Waals surface area contributed by atoms with Crippen molar-refractivity contribution >= 4 is 0 Å². The third kappa shape index (κ3) is 2.10. The molecule has 4 aliphatic carbocycles. The number of aliphatic hydroxyl groups excluding tert-OH is 1. The minimum absolute atomic E-state index is 0.144. The predicted octanol–water partition coefficient (Wildman–Crippen LogP) is 3.99. The average Bonchev–Trinajstić information content (AvgIpc) is 3.24. The second-order valence-electron chi connectivity index (χ2n) is 10.6. The van der Waals surface area contributed by atoms with E-state index < -0.39 is 16.6 Å². The van der Waals surface area contributed by atoms with E-state index >= 15 is 0 Å². The van der Waals surface area contributed by atoms with Gasteiger partial charge in [-0.15, -0.1) is 0 Å². The molecule has 0 bridgehead atoms. The Labute approximate surface area is 162 Å². The highest BCUT2D eigenvalue weighted by Crippen LogP contribution is 2.71. The zero-order valence-electron chi connectivity index (χ0n) is 16.7. The fourth-order valence-corrected chi connectivity index (χ4v) is 8.18. The molecule has 0 aromatic carbocycles. The summed E-state index contributed by atoms with van der Waals surface area (Å²) in [6.45, 7) is 4.53. The Hall–Kier alpha value is -0.840. The van der Waals surface area contributed by atoms with Gasteiger partial charge in [0.05, 0.1) is 24.2 Å². The molecule has 4 fully saturated rings. The molecule has 4 nitrogen and oxygen atoms in total. The molecule has 0 amide bonds. The predicted molar refractivity (Wildman–Crippen MR) is 102 cm³/mol. The van der Waals surface area contributed by atoms with Gasteiger partial charge >= 0.3 is 0 Å². The Balaban J connectivity index is 1.52. The fraction of sp³-hybridized carbons (Fsp3) is 0.826. The van der Waals surface area contributed by atoms with Crippen molar-refractivity contribution in [2.75, 3.05) is 0 Å². The normalized spacial score (nSPS) is 54.9. The van der Waals surface area contributed by atoms with Crippen LogP contribution < -0.4 is 0 Å². The van der Waals surface area contributed by atoms with E-state index in [0.29, 0.717) is 24.7 Å². The lowest BCUT2D eigenvalue weighted by Gasteiger charge is -2.64. The molecule has 3 N–H and O–H groups in total. The molecule has 0 saturated heterocycles. The van der Waals surface area contributed by atoms with Gasteiger partial charge in [-0.05, 0) is 87.0 Å². The summed E-state index contributed by atoms with van der Waals surface area (Å²) in [4.78, 5) is 0. The number of hydrogen-bond acceptors (Lipinski definition) is 4. The first kappa shape index (κ1) is 18.2.